The summed E-state index contributed by atoms with van der Waals surface area (Å²) in [5.41, 5.74) is 5.49. The third-order valence-corrected chi connectivity index (χ3v) is 6.92. The van der Waals surface area contributed by atoms with Crippen LogP contribution in [0.1, 0.15) is 58.4 Å². The Balaban J connectivity index is 1.36. The molecule has 1 aliphatic heterocycles. The average Bonchev–Trinajstić information content (AvgIpc) is 3.53. The highest BCUT2D eigenvalue weighted by atomic mass is 16.5. The highest BCUT2D eigenvalue weighted by Crippen LogP contribution is 2.27. The maximum Gasteiger partial charge on any atom is 0.243 e. The van der Waals surface area contributed by atoms with Gasteiger partial charge in [-0.25, -0.2) is 15.0 Å². The van der Waals surface area contributed by atoms with Crippen molar-refractivity contribution >= 4 is 29.0 Å². The maximum atomic E-state index is 12.5. The molecule has 1 saturated heterocycles. The van der Waals surface area contributed by atoms with E-state index >= 15 is 0 Å². The van der Waals surface area contributed by atoms with E-state index in [0.717, 1.165) is 79.3 Å². The number of benzene rings is 1. The molecule has 4 N–H and O–H groups in total. The molecule has 10 nitrogen and oxygen atoms in total. The number of anilines is 2. The van der Waals surface area contributed by atoms with Crippen LogP contribution in [-0.2, 0) is 9.59 Å². The van der Waals surface area contributed by atoms with Crippen molar-refractivity contribution < 1.29 is 14.8 Å². The quantitative estimate of drug-likeness (QED) is 0.181. The monoisotopic (exact) mass is 521 g/mol. The molecule has 2 amide bonds. The van der Waals surface area contributed by atoms with Gasteiger partial charge in [0, 0.05) is 42.2 Å². The lowest BCUT2D eigenvalue weighted by Gasteiger charge is -2.19. The van der Waals surface area contributed by atoms with Crippen LogP contribution in [0.4, 0.5) is 11.5 Å². The van der Waals surface area contributed by atoms with Crippen molar-refractivity contribution in [3.63, 3.8) is 0 Å². The highest BCUT2D eigenvalue weighted by Gasteiger charge is 2.24. The van der Waals surface area contributed by atoms with Crippen LogP contribution in [0.25, 0.3) is 16.9 Å². The minimum Gasteiger partial charge on any atom is -0.354 e. The molecule has 204 valence electrons. The van der Waals surface area contributed by atoms with E-state index in [1.807, 2.05) is 68.7 Å². The number of fused-ring (bicyclic) bond motifs is 1. The second-order valence-corrected chi connectivity index (χ2v) is 11.1. The summed E-state index contributed by atoms with van der Waals surface area (Å²) >= 11 is 0. The van der Waals surface area contributed by atoms with Crippen molar-refractivity contribution in [3.05, 3.63) is 42.1 Å². The molecule has 1 aliphatic rings. The number of carbonyl (C=O) groups excluding carboxylic acids is 2. The van der Waals surface area contributed by atoms with Gasteiger partial charge in [-0.2, -0.15) is 0 Å². The predicted octanol–water partition coefficient (Wildman–Crippen LogP) is 3.92. The van der Waals surface area contributed by atoms with E-state index in [1.54, 1.807) is 5.48 Å². The Morgan fingerprint density at radius 2 is 1.95 bits per heavy atom. The molecule has 10 heteroatoms. The smallest absolute Gasteiger partial charge is 0.243 e. The second kappa shape index (κ2) is 11.9. The molecule has 0 aliphatic carbocycles. The summed E-state index contributed by atoms with van der Waals surface area (Å²) in [5, 5.41) is 20.0. The van der Waals surface area contributed by atoms with Gasteiger partial charge >= 0.3 is 0 Å². The van der Waals surface area contributed by atoms with Crippen LogP contribution >= 0.6 is 0 Å². The molecule has 3 heterocycles. The fourth-order valence-corrected chi connectivity index (χ4v) is 4.49. The Labute approximate surface area is 223 Å². The minimum atomic E-state index is -0.476. The van der Waals surface area contributed by atoms with Gasteiger partial charge in [-0.15, -0.1) is 5.10 Å². The molecule has 0 radical (unpaired) electrons. The van der Waals surface area contributed by atoms with Crippen LogP contribution in [-0.4, -0.2) is 57.3 Å². The summed E-state index contributed by atoms with van der Waals surface area (Å²) in [6.45, 7) is 10.4. The predicted molar refractivity (Wildman–Crippen MR) is 148 cm³/mol. The first kappa shape index (κ1) is 27.5. The van der Waals surface area contributed by atoms with Gasteiger partial charge in [-0.3, -0.25) is 14.8 Å². The van der Waals surface area contributed by atoms with Crippen LogP contribution in [0.5, 0.6) is 0 Å². The summed E-state index contributed by atoms with van der Waals surface area (Å²) in [5.74, 6) is 0.569. The second-order valence-electron chi connectivity index (χ2n) is 11.1. The molecule has 0 bridgehead atoms. The number of hydrogen-bond acceptors (Lipinski definition) is 7. The first-order valence-electron chi connectivity index (χ1n) is 13.3. The van der Waals surface area contributed by atoms with Gasteiger partial charge in [0.1, 0.15) is 5.82 Å². The summed E-state index contributed by atoms with van der Waals surface area (Å²) < 4.78 is 1.82. The number of hydroxylamine groups is 1. The zero-order valence-corrected chi connectivity index (χ0v) is 22.8. The Kier molecular flexibility index (Phi) is 8.63. The number of imidazole rings is 1. The minimum absolute atomic E-state index is 0.0236. The number of carbonyl (C=O) groups is 2. The van der Waals surface area contributed by atoms with Gasteiger partial charge in [0.2, 0.25) is 11.8 Å². The standard InChI is InChI=1S/C28H39N7O3/c1-19-9-10-20(16-22(19)31-27(37)28(2,3)4)23-18-35-24(30-23)11-12-25(32-35)34-15-13-21(17-34)29-14-7-5-6-8-26(36)33-38/h9-12,16,18,21,29,38H,5-8,13-15,17H2,1-4H3,(H,31,37)(H,33,36). The van der Waals surface area contributed by atoms with Crippen molar-refractivity contribution in [2.24, 2.45) is 5.41 Å². The highest BCUT2D eigenvalue weighted by molar-refractivity contribution is 5.95. The summed E-state index contributed by atoms with van der Waals surface area (Å²) in [7, 11) is 0. The first-order valence-corrected chi connectivity index (χ1v) is 13.3. The number of hydrogen-bond donors (Lipinski definition) is 4. The molecule has 1 aromatic carbocycles. The molecule has 1 fully saturated rings. The first-order chi connectivity index (χ1) is 18.1. The Morgan fingerprint density at radius 3 is 2.71 bits per heavy atom. The lowest BCUT2D eigenvalue weighted by molar-refractivity contribution is -0.129. The van der Waals surface area contributed by atoms with Gasteiger partial charge in [0.25, 0.3) is 0 Å². The number of nitrogens with zero attached hydrogens (tertiary/aromatic N) is 4. The molecule has 0 saturated carbocycles. The van der Waals surface area contributed by atoms with Crippen molar-refractivity contribution in [2.45, 2.75) is 65.8 Å². The topological polar surface area (TPSA) is 124 Å². The van der Waals surface area contributed by atoms with Gasteiger partial charge in [0.05, 0.1) is 11.9 Å². The van der Waals surface area contributed by atoms with Crippen molar-refractivity contribution in [1.29, 1.82) is 0 Å². The summed E-state index contributed by atoms with van der Waals surface area (Å²) in [6.07, 6.45) is 6.06. The van der Waals surface area contributed by atoms with Gasteiger partial charge in [0.15, 0.2) is 5.65 Å². The molecular weight excluding hydrogens is 482 g/mol. The van der Waals surface area contributed by atoms with Crippen LogP contribution in [0, 0.1) is 12.3 Å². The number of aryl methyl sites for hydroxylation is 1. The number of aromatic nitrogens is 3. The van der Waals surface area contributed by atoms with E-state index < -0.39 is 5.41 Å². The van der Waals surface area contributed by atoms with E-state index in [2.05, 4.69) is 15.5 Å². The van der Waals surface area contributed by atoms with E-state index in [9.17, 15) is 9.59 Å². The number of nitrogens with one attached hydrogen (secondary N) is 3. The van der Waals surface area contributed by atoms with Gasteiger partial charge in [-0.05, 0) is 56.5 Å². The molecule has 1 unspecified atom stereocenters. The number of amides is 2. The fourth-order valence-electron chi connectivity index (χ4n) is 4.49. The van der Waals surface area contributed by atoms with Crippen LogP contribution < -0.4 is 21.0 Å². The number of rotatable bonds is 10. The van der Waals surface area contributed by atoms with E-state index in [1.165, 1.54) is 0 Å². The van der Waals surface area contributed by atoms with Crippen molar-refractivity contribution in [2.75, 3.05) is 29.9 Å². The van der Waals surface area contributed by atoms with Crippen molar-refractivity contribution in [3.8, 4) is 11.3 Å². The van der Waals surface area contributed by atoms with Crippen LogP contribution in [0.2, 0.25) is 0 Å². The normalized spacial score (nSPS) is 15.7. The SMILES string of the molecule is Cc1ccc(-c2cn3nc(N4CCC(NCCCCCC(=O)NO)C4)ccc3n2)cc1NC(=O)C(C)(C)C. The third-order valence-electron chi connectivity index (χ3n) is 6.92. The lowest BCUT2D eigenvalue weighted by atomic mass is 9.95. The maximum absolute atomic E-state index is 12.5. The Hall–Kier alpha value is -3.50. The summed E-state index contributed by atoms with van der Waals surface area (Å²) in [4.78, 5) is 30.6. The summed E-state index contributed by atoms with van der Waals surface area (Å²) in [6, 6.07) is 10.4. The van der Waals surface area contributed by atoms with E-state index in [0.29, 0.717) is 12.5 Å². The Morgan fingerprint density at radius 1 is 1.13 bits per heavy atom. The number of unbranched alkanes of at least 4 members (excludes halogenated alkanes) is 2. The molecule has 2 aromatic heterocycles. The lowest BCUT2D eigenvalue weighted by Crippen LogP contribution is -2.33. The van der Waals surface area contributed by atoms with Gasteiger partial charge < -0.3 is 15.5 Å². The Bertz CT molecular complexity index is 1280. The fraction of sp³-hybridized carbons (Fsp3) is 0.500. The van der Waals surface area contributed by atoms with Crippen LogP contribution in [0.3, 0.4) is 0 Å². The molecule has 4 rings (SSSR count). The van der Waals surface area contributed by atoms with Gasteiger partial charge in [-0.1, -0.05) is 39.3 Å². The van der Waals surface area contributed by atoms with E-state index in [-0.39, 0.29) is 11.8 Å². The molecule has 0 spiro atoms. The molecule has 38 heavy (non-hydrogen) atoms. The largest absolute Gasteiger partial charge is 0.354 e. The molecular formula is C28H39N7O3. The van der Waals surface area contributed by atoms with Crippen molar-refractivity contribution in [1.82, 2.24) is 25.4 Å². The zero-order valence-electron chi connectivity index (χ0n) is 22.8. The zero-order chi connectivity index (χ0) is 27.3. The van der Waals surface area contributed by atoms with E-state index in [4.69, 9.17) is 15.3 Å². The molecule has 3 aromatic rings. The average molecular weight is 522 g/mol. The molecule has 1 atom stereocenters. The third kappa shape index (κ3) is 6.87. The van der Waals surface area contributed by atoms with Crippen LogP contribution in [0.15, 0.2) is 36.5 Å².